The van der Waals surface area contributed by atoms with E-state index >= 15 is 0 Å². The number of amides is 1. The summed E-state index contributed by atoms with van der Waals surface area (Å²) in [5.74, 6) is -0.359. The first-order chi connectivity index (χ1) is 7.54. The Morgan fingerprint density at radius 3 is 2.88 bits per heavy atom. The van der Waals surface area contributed by atoms with Crippen molar-refractivity contribution < 1.29 is 9.18 Å². The van der Waals surface area contributed by atoms with Gasteiger partial charge in [0.25, 0.3) is 0 Å². The van der Waals surface area contributed by atoms with E-state index in [-0.39, 0.29) is 11.8 Å². The maximum Gasteiger partial charge on any atom is 0.224 e. The van der Waals surface area contributed by atoms with E-state index in [0.717, 1.165) is 6.33 Å². The zero-order valence-electron chi connectivity index (χ0n) is 9.57. The molecule has 0 bridgehead atoms. The largest absolute Gasteiger partial charge is 0.359 e. The van der Waals surface area contributed by atoms with E-state index in [1.807, 2.05) is 0 Å². The topological polar surface area (TPSA) is 58.1 Å². The fraction of sp³-hybridized carbons (Fsp3) is 0.500. The SMILES string of the molecule is CNC(=O)C(C)CN(C)c1cc(F)ncn1. The normalized spacial score (nSPS) is 12.0. The van der Waals surface area contributed by atoms with Gasteiger partial charge in [-0.2, -0.15) is 4.39 Å². The van der Waals surface area contributed by atoms with Gasteiger partial charge in [0.1, 0.15) is 12.1 Å². The van der Waals surface area contributed by atoms with Crippen LogP contribution >= 0.6 is 0 Å². The molecule has 6 heteroatoms. The Balaban J connectivity index is 2.65. The molecule has 1 rings (SSSR count). The van der Waals surface area contributed by atoms with Gasteiger partial charge in [-0.05, 0) is 0 Å². The number of carbonyl (C=O) groups excluding carboxylic acids is 1. The van der Waals surface area contributed by atoms with Crippen LogP contribution in [0.1, 0.15) is 6.92 Å². The number of hydrogen-bond acceptors (Lipinski definition) is 4. The number of nitrogens with one attached hydrogen (secondary N) is 1. The highest BCUT2D eigenvalue weighted by atomic mass is 19.1. The molecule has 1 unspecified atom stereocenters. The molecule has 88 valence electrons. The van der Waals surface area contributed by atoms with Gasteiger partial charge < -0.3 is 10.2 Å². The van der Waals surface area contributed by atoms with Crippen LogP contribution in [-0.2, 0) is 4.79 Å². The molecule has 0 radical (unpaired) electrons. The standard InChI is InChI=1S/C10H15FN4O/c1-7(10(16)12-2)5-15(3)9-4-8(11)13-6-14-9/h4,6-7H,5H2,1-3H3,(H,12,16). The lowest BCUT2D eigenvalue weighted by Crippen LogP contribution is -2.34. The Bertz CT molecular complexity index is 372. The zero-order valence-corrected chi connectivity index (χ0v) is 9.57. The lowest BCUT2D eigenvalue weighted by Gasteiger charge is -2.21. The molecule has 1 atom stereocenters. The van der Waals surface area contributed by atoms with Crippen LogP contribution < -0.4 is 10.2 Å². The van der Waals surface area contributed by atoms with Crippen molar-refractivity contribution in [2.75, 3.05) is 25.5 Å². The maximum absolute atomic E-state index is 12.8. The molecule has 1 N–H and O–H groups in total. The number of carbonyl (C=O) groups is 1. The minimum atomic E-state index is -0.579. The van der Waals surface area contributed by atoms with Gasteiger partial charge in [-0.1, -0.05) is 6.92 Å². The first-order valence-corrected chi connectivity index (χ1v) is 4.95. The molecule has 0 aliphatic carbocycles. The number of anilines is 1. The number of hydrogen-bond donors (Lipinski definition) is 1. The molecule has 0 spiro atoms. The van der Waals surface area contributed by atoms with Gasteiger partial charge in [-0.3, -0.25) is 4.79 Å². The molecule has 1 aromatic rings. The average Bonchev–Trinajstić information content (AvgIpc) is 2.27. The van der Waals surface area contributed by atoms with Crippen LogP contribution in [0, 0.1) is 11.9 Å². The molecular weight excluding hydrogens is 211 g/mol. The minimum absolute atomic E-state index is 0.0543. The average molecular weight is 226 g/mol. The number of nitrogens with zero attached hydrogens (tertiary/aromatic N) is 3. The fourth-order valence-corrected chi connectivity index (χ4v) is 1.37. The van der Waals surface area contributed by atoms with Gasteiger partial charge in [0.05, 0.1) is 5.92 Å². The molecule has 0 aliphatic rings. The fourth-order valence-electron chi connectivity index (χ4n) is 1.37. The van der Waals surface area contributed by atoms with Crippen LogP contribution in [-0.4, -0.2) is 36.5 Å². The van der Waals surface area contributed by atoms with Crippen molar-refractivity contribution in [3.8, 4) is 0 Å². The summed E-state index contributed by atoms with van der Waals surface area (Å²) in [6.45, 7) is 2.27. The second kappa shape index (κ2) is 5.39. The Kier molecular flexibility index (Phi) is 4.16. The Morgan fingerprint density at radius 1 is 1.62 bits per heavy atom. The summed E-state index contributed by atoms with van der Waals surface area (Å²) in [5.41, 5.74) is 0. The highest BCUT2D eigenvalue weighted by Crippen LogP contribution is 2.10. The lowest BCUT2D eigenvalue weighted by molar-refractivity contribution is -0.123. The molecule has 5 nitrogen and oxygen atoms in total. The molecule has 0 aliphatic heterocycles. The zero-order chi connectivity index (χ0) is 12.1. The van der Waals surface area contributed by atoms with Crippen LogP contribution in [0.3, 0.4) is 0 Å². The summed E-state index contributed by atoms with van der Waals surface area (Å²) in [6, 6.07) is 1.23. The van der Waals surface area contributed by atoms with E-state index in [1.165, 1.54) is 6.07 Å². The molecule has 1 aromatic heterocycles. The van der Waals surface area contributed by atoms with Crippen molar-refractivity contribution in [2.24, 2.45) is 5.92 Å². The van der Waals surface area contributed by atoms with Crippen molar-refractivity contribution >= 4 is 11.7 Å². The van der Waals surface area contributed by atoms with Crippen LogP contribution in [0.5, 0.6) is 0 Å². The van der Waals surface area contributed by atoms with E-state index in [0.29, 0.717) is 12.4 Å². The number of rotatable bonds is 4. The van der Waals surface area contributed by atoms with Crippen molar-refractivity contribution in [1.82, 2.24) is 15.3 Å². The third-order valence-electron chi connectivity index (χ3n) is 2.25. The first-order valence-electron chi connectivity index (χ1n) is 4.95. The predicted octanol–water partition coefficient (Wildman–Crippen LogP) is 0.434. The quantitative estimate of drug-likeness (QED) is 0.757. The van der Waals surface area contributed by atoms with E-state index < -0.39 is 5.95 Å². The smallest absolute Gasteiger partial charge is 0.224 e. The van der Waals surface area contributed by atoms with Crippen LogP contribution in [0.4, 0.5) is 10.2 Å². The maximum atomic E-state index is 12.8. The lowest BCUT2D eigenvalue weighted by atomic mass is 10.1. The molecule has 1 amide bonds. The second-order valence-corrected chi connectivity index (χ2v) is 3.59. The molecule has 0 saturated carbocycles. The van der Waals surface area contributed by atoms with Crippen molar-refractivity contribution in [1.29, 1.82) is 0 Å². The van der Waals surface area contributed by atoms with Gasteiger partial charge in [0.15, 0.2) is 0 Å². The Morgan fingerprint density at radius 2 is 2.31 bits per heavy atom. The second-order valence-electron chi connectivity index (χ2n) is 3.59. The summed E-state index contributed by atoms with van der Waals surface area (Å²) in [5, 5.41) is 2.56. The third kappa shape index (κ3) is 3.15. The highest BCUT2D eigenvalue weighted by Gasteiger charge is 2.14. The van der Waals surface area contributed by atoms with Gasteiger partial charge in [0, 0.05) is 26.7 Å². The Hall–Kier alpha value is -1.72. The monoisotopic (exact) mass is 226 g/mol. The van der Waals surface area contributed by atoms with Crippen LogP contribution in [0.15, 0.2) is 12.4 Å². The molecule has 16 heavy (non-hydrogen) atoms. The van der Waals surface area contributed by atoms with Crippen molar-refractivity contribution in [3.63, 3.8) is 0 Å². The Labute approximate surface area is 93.7 Å². The highest BCUT2D eigenvalue weighted by molar-refractivity contribution is 5.78. The molecule has 0 aromatic carbocycles. The van der Waals surface area contributed by atoms with Crippen molar-refractivity contribution in [3.05, 3.63) is 18.3 Å². The van der Waals surface area contributed by atoms with Gasteiger partial charge >= 0.3 is 0 Å². The molecule has 1 heterocycles. The van der Waals surface area contributed by atoms with E-state index in [1.54, 1.807) is 25.9 Å². The number of aromatic nitrogens is 2. The van der Waals surface area contributed by atoms with Crippen LogP contribution in [0.2, 0.25) is 0 Å². The number of halogens is 1. The summed E-state index contributed by atoms with van der Waals surface area (Å²) in [6.07, 6.45) is 1.16. The van der Waals surface area contributed by atoms with Gasteiger partial charge in [0.2, 0.25) is 11.9 Å². The molecular formula is C10H15FN4O. The van der Waals surface area contributed by atoms with Crippen molar-refractivity contribution in [2.45, 2.75) is 6.92 Å². The molecule has 0 fully saturated rings. The van der Waals surface area contributed by atoms with Gasteiger partial charge in [-0.15, -0.1) is 0 Å². The summed E-state index contributed by atoms with van der Waals surface area (Å²) in [7, 11) is 3.34. The van der Waals surface area contributed by atoms with Gasteiger partial charge in [-0.25, -0.2) is 9.97 Å². The van der Waals surface area contributed by atoms with Crippen LogP contribution in [0.25, 0.3) is 0 Å². The summed E-state index contributed by atoms with van der Waals surface area (Å²) in [4.78, 5) is 20.3. The summed E-state index contributed by atoms with van der Waals surface area (Å²) < 4.78 is 12.8. The minimum Gasteiger partial charge on any atom is -0.359 e. The van der Waals surface area contributed by atoms with E-state index in [2.05, 4.69) is 15.3 Å². The van der Waals surface area contributed by atoms with E-state index in [9.17, 15) is 9.18 Å². The molecule has 0 saturated heterocycles. The first kappa shape index (κ1) is 12.4. The third-order valence-corrected chi connectivity index (χ3v) is 2.25. The predicted molar refractivity (Wildman–Crippen MR) is 58.5 cm³/mol. The summed E-state index contributed by atoms with van der Waals surface area (Å²) >= 11 is 0. The van der Waals surface area contributed by atoms with E-state index in [4.69, 9.17) is 0 Å².